The minimum absolute atomic E-state index is 0. The summed E-state index contributed by atoms with van der Waals surface area (Å²) in [5.74, 6) is 1.71. The second kappa shape index (κ2) is 4.83. The molecule has 67 valence electrons. The van der Waals surface area contributed by atoms with Gasteiger partial charge in [-0.2, -0.15) is 13.3 Å². The molecule has 1 rings (SSSR count). The Morgan fingerprint density at radius 3 is 2.25 bits per heavy atom. The Balaban J connectivity index is 0.00000121. The van der Waals surface area contributed by atoms with Gasteiger partial charge in [-0.05, 0) is 14.0 Å². The topological polar surface area (TPSA) is 20.3 Å². The molecular formula is C9H16NOY-. The molecule has 0 bridgehead atoms. The van der Waals surface area contributed by atoms with Gasteiger partial charge < -0.3 is 4.90 Å². The van der Waals surface area contributed by atoms with Crippen molar-refractivity contribution >= 4 is 5.78 Å². The molecular weight excluding hydrogens is 227 g/mol. The summed E-state index contributed by atoms with van der Waals surface area (Å²) < 4.78 is 0. The van der Waals surface area contributed by atoms with Gasteiger partial charge in [-0.25, -0.2) is 0 Å². The summed E-state index contributed by atoms with van der Waals surface area (Å²) in [6.45, 7) is 5.95. The zero-order chi connectivity index (χ0) is 8.59. The number of hydrogen-bond donors (Lipinski definition) is 0. The van der Waals surface area contributed by atoms with Crippen LogP contribution < -0.4 is 0 Å². The van der Waals surface area contributed by atoms with Gasteiger partial charge in [-0.1, -0.05) is 6.92 Å². The Bertz CT molecular complexity index is 172. The van der Waals surface area contributed by atoms with Crippen LogP contribution in [0.15, 0.2) is 0 Å². The van der Waals surface area contributed by atoms with Crippen LogP contribution in [0.25, 0.3) is 0 Å². The van der Waals surface area contributed by atoms with Crippen molar-refractivity contribution in [1.29, 1.82) is 0 Å². The van der Waals surface area contributed by atoms with Crippen molar-refractivity contribution in [1.82, 2.24) is 4.90 Å². The summed E-state index contributed by atoms with van der Waals surface area (Å²) in [6.07, 6.45) is 0.951. The van der Waals surface area contributed by atoms with Crippen LogP contribution >= 0.6 is 0 Å². The van der Waals surface area contributed by atoms with Crippen molar-refractivity contribution in [3.05, 3.63) is 5.92 Å². The second-order valence-electron chi connectivity index (χ2n) is 3.52. The first-order valence-electron chi connectivity index (χ1n) is 4.08. The molecule has 1 radical (unpaired) electrons. The Morgan fingerprint density at radius 1 is 1.58 bits per heavy atom. The fourth-order valence-corrected chi connectivity index (χ4v) is 1.67. The third-order valence-corrected chi connectivity index (χ3v) is 2.80. The summed E-state index contributed by atoms with van der Waals surface area (Å²) in [6, 6.07) is 0.619. The minimum atomic E-state index is 0. The van der Waals surface area contributed by atoms with Crippen LogP contribution in [-0.4, -0.2) is 29.8 Å². The zero-order valence-corrected chi connectivity index (χ0v) is 11.1. The molecule has 1 fully saturated rings. The molecule has 0 amide bonds. The van der Waals surface area contributed by atoms with E-state index in [0.717, 1.165) is 6.42 Å². The molecule has 1 aliphatic rings. The number of carbonyl (C=O) groups excluding carboxylic acids is 1. The molecule has 0 aromatic rings. The second-order valence-corrected chi connectivity index (χ2v) is 3.52. The molecule has 0 N–H and O–H groups in total. The molecule has 2 unspecified atom stereocenters. The van der Waals surface area contributed by atoms with E-state index in [2.05, 4.69) is 18.7 Å². The van der Waals surface area contributed by atoms with Gasteiger partial charge in [0.15, 0.2) is 0 Å². The van der Waals surface area contributed by atoms with E-state index in [1.54, 1.807) is 6.92 Å². The molecule has 0 aliphatic carbocycles. The van der Waals surface area contributed by atoms with Gasteiger partial charge in [0.1, 0.15) is 5.78 Å². The van der Waals surface area contributed by atoms with E-state index in [1.807, 2.05) is 7.05 Å². The Morgan fingerprint density at radius 2 is 2.08 bits per heavy atom. The van der Waals surface area contributed by atoms with E-state index >= 15 is 0 Å². The number of ketones is 1. The first-order valence-corrected chi connectivity index (χ1v) is 4.08. The number of likely N-dealkylation sites (tertiary alicyclic amines) is 1. The van der Waals surface area contributed by atoms with Crippen molar-refractivity contribution in [3.63, 3.8) is 0 Å². The third kappa shape index (κ3) is 2.37. The first kappa shape index (κ1) is 12.7. The number of carbonyl (C=O) groups is 1. The van der Waals surface area contributed by atoms with Crippen LogP contribution in [0.5, 0.6) is 0 Å². The maximum Gasteiger partial charge on any atom is 0.144 e. The van der Waals surface area contributed by atoms with Crippen molar-refractivity contribution in [3.8, 4) is 0 Å². The SMILES string of the molecule is CC(=O)C1C[C-](C)C(C)N1C.[Y]. The molecule has 12 heavy (non-hydrogen) atoms. The summed E-state index contributed by atoms with van der Waals surface area (Å²) >= 11 is 0. The molecule has 2 nitrogen and oxygen atoms in total. The van der Waals surface area contributed by atoms with Crippen LogP contribution in [0, 0.1) is 5.92 Å². The predicted molar refractivity (Wildman–Crippen MR) is 45.2 cm³/mol. The Kier molecular flexibility index (Phi) is 5.12. The number of rotatable bonds is 1. The maximum absolute atomic E-state index is 11.1. The number of Topliss-reactive ketones (excluding diaryl/α,β-unsaturated/α-hetero) is 1. The van der Waals surface area contributed by atoms with E-state index in [1.165, 1.54) is 5.92 Å². The van der Waals surface area contributed by atoms with Crippen molar-refractivity contribution in [2.24, 2.45) is 0 Å². The van der Waals surface area contributed by atoms with Crippen molar-refractivity contribution in [2.75, 3.05) is 7.05 Å². The van der Waals surface area contributed by atoms with E-state index < -0.39 is 0 Å². The van der Waals surface area contributed by atoms with Gasteiger partial charge in [-0.3, -0.25) is 10.7 Å². The summed E-state index contributed by atoms with van der Waals surface area (Å²) in [5, 5.41) is 0. The predicted octanol–water partition coefficient (Wildman–Crippen LogP) is 1.26. The van der Waals surface area contributed by atoms with Gasteiger partial charge in [0.05, 0.1) is 0 Å². The summed E-state index contributed by atoms with van der Waals surface area (Å²) in [4.78, 5) is 13.2. The normalized spacial score (nSPS) is 31.7. The molecule has 0 spiro atoms. The fourth-order valence-electron chi connectivity index (χ4n) is 1.67. The standard InChI is InChI=1S/C9H16NO.Y/c1-6-5-9(8(3)11)10(4)7(6)2;/h7,9H,5H2,1-4H3;/q-1;. The van der Waals surface area contributed by atoms with Crippen LogP contribution in [0.2, 0.25) is 0 Å². The molecule has 2 atom stereocenters. The maximum atomic E-state index is 11.1. The van der Waals surface area contributed by atoms with Crippen LogP contribution in [0.3, 0.4) is 0 Å². The molecule has 0 saturated carbocycles. The van der Waals surface area contributed by atoms with Gasteiger partial charge in [-0.15, -0.1) is 6.04 Å². The van der Waals surface area contributed by atoms with Gasteiger partial charge in [0, 0.05) is 38.8 Å². The molecule has 3 heteroatoms. The first-order chi connectivity index (χ1) is 5.04. The Labute approximate surface area is 100.0 Å². The third-order valence-electron chi connectivity index (χ3n) is 2.80. The van der Waals surface area contributed by atoms with E-state index in [-0.39, 0.29) is 44.5 Å². The Hall–Kier alpha value is 0.734. The largest absolute Gasteiger partial charge is 0.326 e. The smallest absolute Gasteiger partial charge is 0.144 e. The van der Waals surface area contributed by atoms with Crippen molar-refractivity contribution in [2.45, 2.75) is 39.3 Å². The van der Waals surface area contributed by atoms with Crippen LogP contribution in [0.4, 0.5) is 0 Å². The van der Waals surface area contributed by atoms with Gasteiger partial charge in [0.25, 0.3) is 0 Å². The monoisotopic (exact) mass is 243 g/mol. The number of nitrogens with zero attached hydrogens (tertiary/aromatic N) is 1. The van der Waals surface area contributed by atoms with Crippen molar-refractivity contribution < 1.29 is 37.5 Å². The van der Waals surface area contributed by atoms with Crippen LogP contribution in [0.1, 0.15) is 27.2 Å². The minimum Gasteiger partial charge on any atom is -0.326 e. The average molecular weight is 243 g/mol. The molecule has 1 heterocycles. The zero-order valence-electron chi connectivity index (χ0n) is 8.29. The quantitative estimate of drug-likeness (QED) is 0.646. The fraction of sp³-hybridized carbons (Fsp3) is 0.778. The molecule has 0 aromatic carbocycles. The van der Waals surface area contributed by atoms with E-state index in [0.29, 0.717) is 6.04 Å². The number of likely N-dealkylation sites (N-methyl/N-ethyl adjacent to an activating group) is 1. The van der Waals surface area contributed by atoms with Crippen LogP contribution in [-0.2, 0) is 37.5 Å². The molecule has 1 saturated heterocycles. The van der Waals surface area contributed by atoms with E-state index in [4.69, 9.17) is 0 Å². The average Bonchev–Trinajstić information content (AvgIpc) is 2.17. The summed E-state index contributed by atoms with van der Waals surface area (Å²) in [5.41, 5.74) is 0. The van der Waals surface area contributed by atoms with Gasteiger partial charge >= 0.3 is 0 Å². The summed E-state index contributed by atoms with van der Waals surface area (Å²) in [7, 11) is 2.02. The molecule has 0 aromatic heterocycles. The number of hydrogen-bond acceptors (Lipinski definition) is 2. The van der Waals surface area contributed by atoms with E-state index in [9.17, 15) is 4.79 Å². The molecule has 1 aliphatic heterocycles. The van der Waals surface area contributed by atoms with Gasteiger partial charge in [0.2, 0.25) is 0 Å².